The second-order valence-electron chi connectivity index (χ2n) is 7.54. The molecule has 2 aromatic rings. The summed E-state index contributed by atoms with van der Waals surface area (Å²) in [5, 5.41) is 4.16. The number of anilines is 1. The second kappa shape index (κ2) is 5.86. The van der Waals surface area contributed by atoms with Crippen molar-refractivity contribution in [2.24, 2.45) is 11.8 Å². The van der Waals surface area contributed by atoms with Crippen LogP contribution in [0.3, 0.4) is 0 Å². The molecule has 0 aliphatic carbocycles. The molecule has 1 amide bonds. The van der Waals surface area contributed by atoms with Gasteiger partial charge in [0, 0.05) is 37.7 Å². The summed E-state index contributed by atoms with van der Waals surface area (Å²) in [6.07, 6.45) is 4.10. The Bertz CT molecular complexity index is 775. The van der Waals surface area contributed by atoms with E-state index in [9.17, 15) is 4.79 Å². The molecule has 0 saturated carbocycles. The molecule has 1 aromatic heterocycles. The molecular formula is C19H22N4O2. The van der Waals surface area contributed by atoms with E-state index in [0.717, 1.165) is 44.5 Å². The van der Waals surface area contributed by atoms with Crippen LogP contribution in [0.25, 0.3) is 11.4 Å². The first kappa shape index (κ1) is 14.9. The van der Waals surface area contributed by atoms with E-state index in [1.807, 2.05) is 30.3 Å². The predicted molar refractivity (Wildman–Crippen MR) is 92.9 cm³/mol. The van der Waals surface area contributed by atoms with Crippen LogP contribution in [0.1, 0.15) is 25.7 Å². The largest absolute Gasteiger partial charge is 0.339 e. The van der Waals surface area contributed by atoms with Gasteiger partial charge in [0.25, 0.3) is 0 Å². The number of rotatable bonds is 2. The van der Waals surface area contributed by atoms with Crippen molar-refractivity contribution in [2.75, 3.05) is 24.5 Å². The molecule has 3 aliphatic rings. The Hall–Kier alpha value is -2.37. The normalized spacial score (nSPS) is 28.8. The van der Waals surface area contributed by atoms with Gasteiger partial charge in [-0.25, -0.2) is 0 Å². The summed E-state index contributed by atoms with van der Waals surface area (Å²) in [5.74, 6) is 2.01. The molecule has 0 unspecified atom stereocenters. The van der Waals surface area contributed by atoms with Gasteiger partial charge in [-0.2, -0.15) is 4.98 Å². The highest BCUT2D eigenvalue weighted by Crippen LogP contribution is 2.39. The third-order valence-corrected chi connectivity index (χ3v) is 5.90. The van der Waals surface area contributed by atoms with Gasteiger partial charge in [-0.3, -0.25) is 4.79 Å². The number of amides is 1. The first-order chi connectivity index (χ1) is 12.3. The van der Waals surface area contributed by atoms with E-state index in [2.05, 4.69) is 19.9 Å². The van der Waals surface area contributed by atoms with Crippen molar-refractivity contribution in [3.05, 3.63) is 30.3 Å². The lowest BCUT2D eigenvalue weighted by Gasteiger charge is -2.52. The molecule has 3 atom stereocenters. The van der Waals surface area contributed by atoms with Crippen molar-refractivity contribution in [3.63, 3.8) is 0 Å². The number of carbonyl (C=O) groups is 1. The van der Waals surface area contributed by atoms with Crippen LogP contribution < -0.4 is 4.90 Å². The molecule has 130 valence electrons. The molecule has 4 heterocycles. The fraction of sp³-hybridized carbons (Fsp3) is 0.526. The molecule has 3 aliphatic heterocycles. The third-order valence-electron chi connectivity index (χ3n) is 5.90. The number of hydrogen-bond donors (Lipinski definition) is 0. The van der Waals surface area contributed by atoms with Gasteiger partial charge in [-0.15, -0.1) is 0 Å². The first-order valence-electron chi connectivity index (χ1n) is 9.21. The van der Waals surface area contributed by atoms with Crippen molar-refractivity contribution >= 4 is 11.9 Å². The van der Waals surface area contributed by atoms with Crippen LogP contribution in [0.5, 0.6) is 0 Å². The van der Waals surface area contributed by atoms with Crippen LogP contribution in [-0.4, -0.2) is 46.6 Å². The summed E-state index contributed by atoms with van der Waals surface area (Å²) in [5.41, 5.74) is 0.971. The van der Waals surface area contributed by atoms with E-state index in [-0.39, 0.29) is 0 Å². The Morgan fingerprint density at radius 2 is 2.00 bits per heavy atom. The fourth-order valence-corrected chi connectivity index (χ4v) is 4.81. The molecule has 0 radical (unpaired) electrons. The Balaban J connectivity index is 1.37. The Morgan fingerprint density at radius 3 is 2.88 bits per heavy atom. The molecule has 5 rings (SSSR count). The Labute approximate surface area is 146 Å². The van der Waals surface area contributed by atoms with E-state index in [1.165, 1.54) is 6.42 Å². The van der Waals surface area contributed by atoms with E-state index < -0.39 is 0 Å². The van der Waals surface area contributed by atoms with Crippen molar-refractivity contribution in [1.29, 1.82) is 0 Å². The fourth-order valence-electron chi connectivity index (χ4n) is 4.81. The van der Waals surface area contributed by atoms with Crippen LogP contribution in [0.15, 0.2) is 34.9 Å². The molecule has 3 saturated heterocycles. The summed E-state index contributed by atoms with van der Waals surface area (Å²) < 4.78 is 5.57. The van der Waals surface area contributed by atoms with Gasteiger partial charge in [-0.1, -0.05) is 35.5 Å². The third kappa shape index (κ3) is 2.60. The lowest BCUT2D eigenvalue weighted by molar-refractivity contribution is -0.142. The maximum atomic E-state index is 12.2. The van der Waals surface area contributed by atoms with E-state index >= 15 is 0 Å². The number of hydrogen-bond acceptors (Lipinski definition) is 5. The minimum Gasteiger partial charge on any atom is -0.339 e. The number of fused-ring (bicyclic) bond motifs is 4. The molecule has 6 nitrogen and oxygen atoms in total. The molecular weight excluding hydrogens is 316 g/mol. The number of piperidine rings is 3. The average molecular weight is 338 g/mol. The molecule has 6 heteroatoms. The molecule has 25 heavy (non-hydrogen) atoms. The maximum absolute atomic E-state index is 12.2. The zero-order valence-corrected chi connectivity index (χ0v) is 14.2. The van der Waals surface area contributed by atoms with Gasteiger partial charge in [0.2, 0.25) is 11.7 Å². The first-order valence-corrected chi connectivity index (χ1v) is 9.21. The van der Waals surface area contributed by atoms with Crippen molar-refractivity contribution in [1.82, 2.24) is 15.0 Å². The van der Waals surface area contributed by atoms with Gasteiger partial charge >= 0.3 is 6.01 Å². The minimum atomic E-state index is 0.351. The Kier molecular flexibility index (Phi) is 3.50. The van der Waals surface area contributed by atoms with Crippen LogP contribution in [0.4, 0.5) is 6.01 Å². The highest BCUT2D eigenvalue weighted by Gasteiger charge is 2.44. The zero-order valence-electron chi connectivity index (χ0n) is 14.2. The average Bonchev–Trinajstić information content (AvgIpc) is 3.14. The predicted octanol–water partition coefficient (Wildman–Crippen LogP) is 2.57. The summed E-state index contributed by atoms with van der Waals surface area (Å²) in [7, 11) is 0. The van der Waals surface area contributed by atoms with E-state index in [1.54, 1.807) is 0 Å². The molecule has 0 N–H and O–H groups in total. The molecule has 2 bridgehead atoms. The van der Waals surface area contributed by atoms with Gasteiger partial charge in [0.05, 0.1) is 0 Å². The van der Waals surface area contributed by atoms with Crippen LogP contribution >= 0.6 is 0 Å². The maximum Gasteiger partial charge on any atom is 0.324 e. The second-order valence-corrected chi connectivity index (χ2v) is 7.54. The number of benzene rings is 1. The van der Waals surface area contributed by atoms with Crippen LogP contribution in [0, 0.1) is 11.8 Å². The van der Waals surface area contributed by atoms with Gasteiger partial charge in [0.1, 0.15) is 0 Å². The summed E-state index contributed by atoms with van der Waals surface area (Å²) in [4.78, 5) is 21.2. The lowest BCUT2D eigenvalue weighted by Crippen LogP contribution is -2.60. The summed E-state index contributed by atoms with van der Waals surface area (Å²) in [6, 6.07) is 10.9. The number of carbonyl (C=O) groups excluding carboxylic acids is 1. The summed E-state index contributed by atoms with van der Waals surface area (Å²) >= 11 is 0. The van der Waals surface area contributed by atoms with Gasteiger partial charge in [0.15, 0.2) is 0 Å². The summed E-state index contributed by atoms with van der Waals surface area (Å²) in [6.45, 7) is 2.68. The molecule has 0 spiro atoms. The monoisotopic (exact) mass is 338 g/mol. The van der Waals surface area contributed by atoms with Crippen molar-refractivity contribution in [3.8, 4) is 11.4 Å². The van der Waals surface area contributed by atoms with Crippen molar-refractivity contribution in [2.45, 2.75) is 31.7 Å². The topological polar surface area (TPSA) is 62.5 Å². The highest BCUT2D eigenvalue weighted by atomic mass is 16.5. The smallest absolute Gasteiger partial charge is 0.324 e. The standard InChI is InChI=1S/C19H22N4O2/c24-17-8-4-7-16-15-9-13(11-23(16)17)10-22(12-15)19-20-18(21-25-19)14-5-2-1-3-6-14/h1-3,5-6,13,15-16H,4,7-12H2/t13-,15-,16+/m1/s1. The van der Waals surface area contributed by atoms with Crippen molar-refractivity contribution < 1.29 is 9.32 Å². The minimum absolute atomic E-state index is 0.351. The Morgan fingerprint density at radius 1 is 1.12 bits per heavy atom. The lowest BCUT2D eigenvalue weighted by atomic mass is 9.76. The number of aromatic nitrogens is 2. The van der Waals surface area contributed by atoms with Crippen LogP contribution in [0.2, 0.25) is 0 Å². The zero-order chi connectivity index (χ0) is 16.8. The quantitative estimate of drug-likeness (QED) is 0.842. The molecule has 1 aromatic carbocycles. The highest BCUT2D eigenvalue weighted by molar-refractivity contribution is 5.77. The molecule has 3 fully saturated rings. The van der Waals surface area contributed by atoms with Gasteiger partial charge < -0.3 is 14.3 Å². The van der Waals surface area contributed by atoms with Gasteiger partial charge in [-0.05, 0) is 31.1 Å². The van der Waals surface area contributed by atoms with E-state index in [4.69, 9.17) is 4.52 Å². The van der Waals surface area contributed by atoms with E-state index in [0.29, 0.717) is 35.6 Å². The SMILES string of the molecule is O=C1CCC[C@H]2[C@@H]3C[C@H](CN(c4nc(-c5ccccc5)no4)C3)CN12. The van der Waals surface area contributed by atoms with Crippen LogP contribution in [-0.2, 0) is 4.79 Å². The number of nitrogens with zero attached hydrogens (tertiary/aromatic N) is 4.